The Kier molecular flexibility index (Phi) is 3.51. The first-order valence-corrected chi connectivity index (χ1v) is 6.14. The van der Waals surface area contributed by atoms with Gasteiger partial charge in [0.05, 0.1) is 0 Å². The van der Waals surface area contributed by atoms with Gasteiger partial charge in [0.25, 0.3) is 0 Å². The Balaban J connectivity index is 1.82. The van der Waals surface area contributed by atoms with E-state index in [1.54, 1.807) is 17.5 Å². The van der Waals surface area contributed by atoms with Crippen molar-refractivity contribution in [2.75, 3.05) is 0 Å². The van der Waals surface area contributed by atoms with Gasteiger partial charge in [-0.2, -0.15) is 5.10 Å². The van der Waals surface area contributed by atoms with Crippen LogP contribution in [0.15, 0.2) is 29.8 Å². The van der Waals surface area contributed by atoms with Gasteiger partial charge in [0, 0.05) is 36.7 Å². The Hall–Kier alpha value is -1.42. The van der Waals surface area contributed by atoms with Crippen LogP contribution in [0.25, 0.3) is 0 Å². The van der Waals surface area contributed by atoms with E-state index >= 15 is 0 Å². The van der Waals surface area contributed by atoms with Crippen molar-refractivity contribution >= 4 is 17.1 Å². The van der Waals surface area contributed by atoms with Gasteiger partial charge in [0.15, 0.2) is 0 Å². The topological polar surface area (TPSA) is 34.9 Å². The third kappa shape index (κ3) is 2.79. The first-order chi connectivity index (χ1) is 7.75. The summed E-state index contributed by atoms with van der Waals surface area (Å²) in [6.45, 7) is 0. The molecule has 84 valence electrons. The van der Waals surface area contributed by atoms with Gasteiger partial charge in [-0.25, -0.2) is 0 Å². The number of carbonyl (C=O) groups excluding carboxylic acids is 1. The monoisotopic (exact) mass is 234 g/mol. The maximum absolute atomic E-state index is 11.7. The van der Waals surface area contributed by atoms with E-state index in [-0.39, 0.29) is 0 Å². The summed E-state index contributed by atoms with van der Waals surface area (Å²) in [6.07, 6.45) is 3.70. The van der Waals surface area contributed by atoms with E-state index in [0.717, 1.165) is 17.0 Å². The molecule has 0 aliphatic carbocycles. The summed E-state index contributed by atoms with van der Waals surface area (Å²) in [7, 11) is 1.90. The summed E-state index contributed by atoms with van der Waals surface area (Å²) in [5.74, 6) is 0.295. The minimum absolute atomic E-state index is 0.295. The summed E-state index contributed by atoms with van der Waals surface area (Å²) in [5.41, 5.74) is 1.11. The van der Waals surface area contributed by atoms with Crippen LogP contribution in [0.1, 0.15) is 17.0 Å². The largest absolute Gasteiger partial charge is 0.299 e. The Bertz CT molecular complexity index is 459. The Morgan fingerprint density at radius 3 is 3.00 bits per heavy atom. The highest BCUT2D eigenvalue weighted by Gasteiger charge is 2.06. The molecule has 4 heteroatoms. The second kappa shape index (κ2) is 5.07. The molecule has 0 aromatic carbocycles. The molecule has 0 atom stereocenters. The lowest BCUT2D eigenvalue weighted by Gasteiger charge is -2.01. The molecule has 0 unspecified atom stereocenters. The summed E-state index contributed by atoms with van der Waals surface area (Å²) in [6, 6.07) is 5.94. The fraction of sp³-hybridized carbons (Fsp3) is 0.333. The number of ketones is 1. The molecule has 0 N–H and O–H groups in total. The molecule has 0 amide bonds. The molecule has 0 radical (unpaired) electrons. The van der Waals surface area contributed by atoms with Crippen molar-refractivity contribution in [1.82, 2.24) is 9.78 Å². The SMILES string of the molecule is Cn1nccc1CCC(=O)Cc1cccs1. The Morgan fingerprint density at radius 1 is 1.50 bits per heavy atom. The molecule has 0 fully saturated rings. The minimum Gasteiger partial charge on any atom is -0.299 e. The lowest BCUT2D eigenvalue weighted by Crippen LogP contribution is -2.05. The Morgan fingerprint density at radius 2 is 2.38 bits per heavy atom. The normalized spacial score (nSPS) is 10.6. The van der Waals surface area contributed by atoms with Crippen LogP contribution in [0, 0.1) is 0 Å². The average molecular weight is 234 g/mol. The van der Waals surface area contributed by atoms with Crippen LogP contribution in [-0.2, 0) is 24.7 Å². The highest BCUT2D eigenvalue weighted by Crippen LogP contribution is 2.11. The van der Waals surface area contributed by atoms with E-state index in [4.69, 9.17) is 0 Å². The lowest BCUT2D eigenvalue weighted by atomic mass is 10.1. The van der Waals surface area contributed by atoms with Crippen molar-refractivity contribution in [3.05, 3.63) is 40.3 Å². The number of hydrogen-bond acceptors (Lipinski definition) is 3. The van der Waals surface area contributed by atoms with Crippen LogP contribution in [0.4, 0.5) is 0 Å². The molecule has 0 aliphatic rings. The smallest absolute Gasteiger partial charge is 0.138 e. The van der Waals surface area contributed by atoms with Gasteiger partial charge >= 0.3 is 0 Å². The van der Waals surface area contributed by atoms with Crippen molar-refractivity contribution in [3.8, 4) is 0 Å². The molecular weight excluding hydrogens is 220 g/mol. The first kappa shape index (κ1) is 11.1. The number of Topliss-reactive ketones (excluding diaryl/α,β-unsaturated/α-hetero) is 1. The summed E-state index contributed by atoms with van der Waals surface area (Å²) in [4.78, 5) is 12.8. The van der Waals surface area contributed by atoms with E-state index in [1.807, 2.05) is 35.3 Å². The van der Waals surface area contributed by atoms with Crippen molar-refractivity contribution in [3.63, 3.8) is 0 Å². The number of rotatable bonds is 5. The van der Waals surface area contributed by atoms with Crippen LogP contribution in [0.5, 0.6) is 0 Å². The molecule has 0 bridgehead atoms. The highest BCUT2D eigenvalue weighted by atomic mass is 32.1. The average Bonchev–Trinajstić information content (AvgIpc) is 2.87. The fourth-order valence-corrected chi connectivity index (χ4v) is 2.34. The van der Waals surface area contributed by atoms with Gasteiger partial charge in [-0.3, -0.25) is 9.48 Å². The zero-order valence-corrected chi connectivity index (χ0v) is 10.0. The van der Waals surface area contributed by atoms with Crippen molar-refractivity contribution in [1.29, 1.82) is 0 Å². The number of aryl methyl sites for hydroxylation is 2. The fourth-order valence-electron chi connectivity index (χ4n) is 1.61. The maximum atomic E-state index is 11.7. The van der Waals surface area contributed by atoms with Crippen LogP contribution in [0.3, 0.4) is 0 Å². The van der Waals surface area contributed by atoms with Gasteiger partial charge in [0.1, 0.15) is 5.78 Å². The van der Waals surface area contributed by atoms with Gasteiger partial charge < -0.3 is 0 Å². The van der Waals surface area contributed by atoms with Crippen LogP contribution < -0.4 is 0 Å². The molecule has 2 heterocycles. The number of nitrogens with zero attached hydrogens (tertiary/aromatic N) is 2. The maximum Gasteiger partial charge on any atom is 0.138 e. The number of hydrogen-bond donors (Lipinski definition) is 0. The van der Waals surface area contributed by atoms with E-state index < -0.39 is 0 Å². The number of carbonyl (C=O) groups is 1. The van der Waals surface area contributed by atoms with Gasteiger partial charge in [-0.05, 0) is 23.9 Å². The predicted octanol–water partition coefficient (Wildman–Crippen LogP) is 2.23. The molecule has 0 saturated heterocycles. The molecular formula is C12H14N2OS. The molecule has 0 aliphatic heterocycles. The first-order valence-electron chi connectivity index (χ1n) is 5.26. The van der Waals surface area contributed by atoms with Gasteiger partial charge in [0.2, 0.25) is 0 Å². The molecule has 16 heavy (non-hydrogen) atoms. The minimum atomic E-state index is 0.295. The quantitative estimate of drug-likeness (QED) is 0.795. The van der Waals surface area contributed by atoms with Crippen molar-refractivity contribution in [2.24, 2.45) is 7.05 Å². The molecule has 0 saturated carbocycles. The van der Waals surface area contributed by atoms with Crippen LogP contribution in [0.2, 0.25) is 0 Å². The zero-order chi connectivity index (χ0) is 11.4. The Labute approximate surface area is 98.7 Å². The van der Waals surface area contributed by atoms with E-state index in [0.29, 0.717) is 18.6 Å². The lowest BCUT2D eigenvalue weighted by molar-refractivity contribution is -0.118. The van der Waals surface area contributed by atoms with Crippen LogP contribution in [-0.4, -0.2) is 15.6 Å². The van der Waals surface area contributed by atoms with Gasteiger partial charge in [-0.15, -0.1) is 11.3 Å². The molecule has 2 aromatic rings. The van der Waals surface area contributed by atoms with E-state index in [1.165, 1.54) is 0 Å². The molecule has 3 nitrogen and oxygen atoms in total. The van der Waals surface area contributed by atoms with Gasteiger partial charge in [-0.1, -0.05) is 6.07 Å². The van der Waals surface area contributed by atoms with Crippen molar-refractivity contribution in [2.45, 2.75) is 19.3 Å². The summed E-state index contributed by atoms with van der Waals surface area (Å²) in [5, 5.41) is 6.08. The molecule has 2 rings (SSSR count). The van der Waals surface area contributed by atoms with E-state index in [2.05, 4.69) is 5.10 Å². The highest BCUT2D eigenvalue weighted by molar-refractivity contribution is 7.10. The van der Waals surface area contributed by atoms with Crippen molar-refractivity contribution < 1.29 is 4.79 Å². The number of aromatic nitrogens is 2. The molecule has 0 spiro atoms. The molecule has 2 aromatic heterocycles. The second-order valence-electron chi connectivity index (χ2n) is 3.74. The summed E-state index contributed by atoms with van der Waals surface area (Å²) < 4.78 is 1.82. The standard InChI is InChI=1S/C12H14N2OS/c1-14-10(6-7-13-14)4-5-11(15)9-12-3-2-8-16-12/h2-3,6-8H,4-5,9H2,1H3. The van der Waals surface area contributed by atoms with E-state index in [9.17, 15) is 4.79 Å². The van der Waals surface area contributed by atoms with Crippen LogP contribution >= 0.6 is 11.3 Å². The third-order valence-corrected chi connectivity index (χ3v) is 3.41. The summed E-state index contributed by atoms with van der Waals surface area (Å²) >= 11 is 1.64. The zero-order valence-electron chi connectivity index (χ0n) is 9.22. The predicted molar refractivity (Wildman–Crippen MR) is 64.6 cm³/mol. The second-order valence-corrected chi connectivity index (χ2v) is 4.77. The number of thiophene rings is 1. The third-order valence-electron chi connectivity index (χ3n) is 2.53.